The minimum absolute atomic E-state index is 0.0166. The van der Waals surface area contributed by atoms with Crippen LogP contribution in [0.5, 0.6) is 0 Å². The van der Waals surface area contributed by atoms with Gasteiger partial charge in [-0.05, 0) is 13.8 Å². The van der Waals surface area contributed by atoms with Crippen LogP contribution in [0.2, 0.25) is 0 Å². The normalized spacial score (nSPS) is 15.6. The van der Waals surface area contributed by atoms with Crippen molar-refractivity contribution in [2.75, 3.05) is 6.61 Å². The van der Waals surface area contributed by atoms with Gasteiger partial charge in [-0.1, -0.05) is 0 Å². The maximum absolute atomic E-state index is 11.9. The summed E-state index contributed by atoms with van der Waals surface area (Å²) in [6.45, 7) is 2.39. The predicted molar refractivity (Wildman–Crippen MR) is 77.8 cm³/mol. The third kappa shape index (κ3) is 3.29. The molecule has 10 heteroatoms. The van der Waals surface area contributed by atoms with Crippen molar-refractivity contribution >= 4 is 11.2 Å². The van der Waals surface area contributed by atoms with E-state index in [1.165, 1.54) is 4.57 Å². The van der Waals surface area contributed by atoms with Crippen LogP contribution in [0.3, 0.4) is 0 Å². The van der Waals surface area contributed by atoms with Crippen molar-refractivity contribution in [2.45, 2.75) is 38.7 Å². The second-order valence-corrected chi connectivity index (χ2v) is 5.31. The molecule has 2 heterocycles. The molecule has 0 bridgehead atoms. The number of hydrogen-bond donors (Lipinski definition) is 6. The van der Waals surface area contributed by atoms with Gasteiger partial charge in [-0.3, -0.25) is 9.78 Å². The second kappa shape index (κ2) is 6.54. The van der Waals surface area contributed by atoms with Crippen molar-refractivity contribution in [1.82, 2.24) is 15.0 Å². The molecule has 23 heavy (non-hydrogen) atoms. The van der Waals surface area contributed by atoms with Crippen LogP contribution >= 0.6 is 0 Å². The lowest BCUT2D eigenvalue weighted by Crippen LogP contribution is -2.52. The molecule has 10 nitrogen and oxygen atoms in total. The molecule has 0 amide bonds. The lowest BCUT2D eigenvalue weighted by molar-refractivity contribution is -0.688. The highest BCUT2D eigenvalue weighted by atomic mass is 16.4. The zero-order chi connectivity index (χ0) is 17.3. The molecule has 2 rings (SSSR count). The van der Waals surface area contributed by atoms with Gasteiger partial charge in [0, 0.05) is 0 Å². The molecule has 126 valence electrons. The molecule has 3 atom stereocenters. The lowest BCUT2D eigenvalue weighted by atomic mass is 10.1. The maximum Gasteiger partial charge on any atom is 0.413 e. The predicted octanol–water partition coefficient (Wildman–Crippen LogP) is -3.41. The number of rotatable bonds is 5. The monoisotopic (exact) mass is 327 g/mol. The van der Waals surface area contributed by atoms with Gasteiger partial charge in [0.2, 0.25) is 5.52 Å². The van der Waals surface area contributed by atoms with E-state index in [1.54, 1.807) is 13.8 Å². The third-order valence-electron chi connectivity index (χ3n) is 3.72. The van der Waals surface area contributed by atoms with E-state index in [9.17, 15) is 24.9 Å². The molecule has 0 unspecified atom stereocenters. The first kappa shape index (κ1) is 17.2. The fourth-order valence-electron chi connectivity index (χ4n) is 2.27. The van der Waals surface area contributed by atoms with Gasteiger partial charge in [-0.15, -0.1) is 0 Å². The summed E-state index contributed by atoms with van der Waals surface area (Å²) in [5.74, 6) is 0. The van der Waals surface area contributed by atoms with Crippen LogP contribution in [-0.4, -0.2) is 60.3 Å². The number of nitrogens with zero attached hydrogens (tertiary/aromatic N) is 2. The number of aryl methyl sites for hydroxylation is 1. The van der Waals surface area contributed by atoms with Gasteiger partial charge in [0.05, 0.1) is 12.3 Å². The van der Waals surface area contributed by atoms with E-state index in [0.29, 0.717) is 11.4 Å². The number of nitrogens with one attached hydrogen (secondary N) is 2. The highest BCUT2D eigenvalue weighted by Gasteiger charge is 2.28. The van der Waals surface area contributed by atoms with Crippen molar-refractivity contribution in [3.8, 4) is 0 Å². The molecule has 0 aliphatic heterocycles. The topological polar surface area (TPSA) is 163 Å². The number of aliphatic hydroxyl groups is 4. The molecule has 0 aliphatic carbocycles. The summed E-state index contributed by atoms with van der Waals surface area (Å²) >= 11 is 0. The summed E-state index contributed by atoms with van der Waals surface area (Å²) in [5, 5.41) is 38.0. The number of aromatic amines is 2. The van der Waals surface area contributed by atoms with Crippen LogP contribution in [0.1, 0.15) is 11.4 Å². The first-order valence-electron chi connectivity index (χ1n) is 6.94. The van der Waals surface area contributed by atoms with Crippen LogP contribution < -0.4 is 15.8 Å². The SMILES string of the molecule is Cc1nc2c(=O)[nH]c(=O)[nH]c2[n+](C[C@H](O)[C@H](O)[C@H](O)CO)c1C. The van der Waals surface area contributed by atoms with Gasteiger partial charge < -0.3 is 20.4 Å². The Hall–Kier alpha value is -2.14. The van der Waals surface area contributed by atoms with Crippen molar-refractivity contribution in [2.24, 2.45) is 0 Å². The molecule has 0 radical (unpaired) electrons. The second-order valence-electron chi connectivity index (χ2n) is 5.31. The summed E-state index contributed by atoms with van der Waals surface area (Å²) in [5.41, 5.74) is -0.274. The highest BCUT2D eigenvalue weighted by molar-refractivity contribution is 5.64. The van der Waals surface area contributed by atoms with Gasteiger partial charge in [-0.2, -0.15) is 4.98 Å². The zero-order valence-electron chi connectivity index (χ0n) is 12.6. The summed E-state index contributed by atoms with van der Waals surface area (Å²) in [6, 6.07) is 0. The largest absolute Gasteiger partial charge is 0.413 e. The van der Waals surface area contributed by atoms with Crippen molar-refractivity contribution in [3.63, 3.8) is 0 Å². The standard InChI is InChI=1S/C13H18N4O6/c1-5-6(2)17(3-7(19)10(21)8(20)4-18)11-9(14-5)12(22)16-13(23)15-11/h7-8,10,18-21H,3-4H2,1-2H3,(H,16,22,23)/p+1/t7-,8+,10-/m0/s1. The average molecular weight is 327 g/mol. The summed E-state index contributed by atoms with van der Waals surface area (Å²) in [6.07, 6.45) is -4.54. The molecule has 0 spiro atoms. The fraction of sp³-hybridized carbons (Fsp3) is 0.538. The molecule has 0 aromatic carbocycles. The minimum Gasteiger partial charge on any atom is -0.394 e. The van der Waals surface area contributed by atoms with E-state index in [2.05, 4.69) is 15.0 Å². The zero-order valence-corrected chi connectivity index (χ0v) is 12.6. The molecule has 0 fully saturated rings. The third-order valence-corrected chi connectivity index (χ3v) is 3.72. The van der Waals surface area contributed by atoms with Gasteiger partial charge in [-0.25, -0.2) is 14.3 Å². The summed E-state index contributed by atoms with van der Waals surface area (Å²) < 4.78 is 1.42. The first-order chi connectivity index (χ1) is 10.8. The Kier molecular flexibility index (Phi) is 4.90. The van der Waals surface area contributed by atoms with Crippen molar-refractivity contribution in [3.05, 3.63) is 32.2 Å². The fourth-order valence-corrected chi connectivity index (χ4v) is 2.27. The molecule has 0 saturated carbocycles. The van der Waals surface area contributed by atoms with E-state index >= 15 is 0 Å². The Morgan fingerprint density at radius 2 is 1.78 bits per heavy atom. The average Bonchev–Trinajstić information content (AvgIpc) is 2.51. The summed E-state index contributed by atoms with van der Waals surface area (Å²) in [7, 11) is 0. The molecule has 6 N–H and O–H groups in total. The van der Waals surface area contributed by atoms with Crippen molar-refractivity contribution < 1.29 is 25.0 Å². The Balaban J connectivity index is 2.57. The first-order valence-corrected chi connectivity index (χ1v) is 6.94. The lowest BCUT2D eigenvalue weighted by Gasteiger charge is -2.21. The summed E-state index contributed by atoms with van der Waals surface area (Å²) in [4.78, 5) is 32.0. The molecule has 2 aromatic rings. The van der Waals surface area contributed by atoms with Gasteiger partial charge in [0.25, 0.3) is 5.56 Å². The van der Waals surface area contributed by atoms with E-state index in [0.717, 1.165) is 0 Å². The van der Waals surface area contributed by atoms with E-state index in [1.807, 2.05) is 0 Å². The highest BCUT2D eigenvalue weighted by Crippen LogP contribution is 2.06. The van der Waals surface area contributed by atoms with Gasteiger partial charge >= 0.3 is 11.3 Å². The Labute approximate surface area is 129 Å². The number of hydrogen-bond acceptors (Lipinski definition) is 7. The van der Waals surface area contributed by atoms with E-state index in [4.69, 9.17) is 5.11 Å². The minimum atomic E-state index is -1.59. The molecule has 0 saturated heterocycles. The number of aromatic nitrogens is 4. The smallest absolute Gasteiger partial charge is 0.394 e. The number of H-pyrrole nitrogens is 2. The van der Waals surface area contributed by atoms with Crippen LogP contribution in [0.15, 0.2) is 9.59 Å². The van der Waals surface area contributed by atoms with Crippen LogP contribution in [0.25, 0.3) is 11.2 Å². The van der Waals surface area contributed by atoms with Crippen LogP contribution in [0, 0.1) is 13.8 Å². The van der Waals surface area contributed by atoms with Crippen LogP contribution in [-0.2, 0) is 6.54 Å². The Morgan fingerprint density at radius 3 is 2.39 bits per heavy atom. The quantitative estimate of drug-likeness (QED) is 0.311. The van der Waals surface area contributed by atoms with Crippen molar-refractivity contribution in [1.29, 1.82) is 0 Å². The van der Waals surface area contributed by atoms with E-state index < -0.39 is 36.2 Å². The maximum atomic E-state index is 11.9. The van der Waals surface area contributed by atoms with Gasteiger partial charge in [0.1, 0.15) is 30.6 Å². The van der Waals surface area contributed by atoms with Gasteiger partial charge in [0.15, 0.2) is 0 Å². The molecular weight excluding hydrogens is 308 g/mol. The van der Waals surface area contributed by atoms with Crippen LogP contribution in [0.4, 0.5) is 0 Å². The number of aliphatic hydroxyl groups excluding tert-OH is 4. The Morgan fingerprint density at radius 1 is 1.13 bits per heavy atom. The molecule has 0 aliphatic rings. The molecule has 2 aromatic heterocycles. The molecular formula is C13H19N4O6+. The van der Waals surface area contributed by atoms with E-state index in [-0.39, 0.29) is 17.7 Å². The Bertz CT molecular complexity index is 830. The number of fused-ring (bicyclic) bond motifs is 1.